The Labute approximate surface area is 130 Å². The second-order valence-electron chi connectivity index (χ2n) is 6.24. The molecule has 1 unspecified atom stereocenters. The highest BCUT2D eigenvalue weighted by Gasteiger charge is 2.19. The summed E-state index contributed by atoms with van der Waals surface area (Å²) in [7, 11) is 0. The fourth-order valence-electron chi connectivity index (χ4n) is 2.73. The predicted octanol–water partition coefficient (Wildman–Crippen LogP) is 0.506. The first-order chi connectivity index (χ1) is 10.5. The Morgan fingerprint density at radius 2 is 2.18 bits per heavy atom. The summed E-state index contributed by atoms with van der Waals surface area (Å²) < 4.78 is 0. The van der Waals surface area contributed by atoms with Gasteiger partial charge in [-0.2, -0.15) is 0 Å². The van der Waals surface area contributed by atoms with Gasteiger partial charge in [-0.15, -0.1) is 0 Å². The average Bonchev–Trinajstić information content (AvgIpc) is 2.47. The molecule has 2 rings (SSSR count). The van der Waals surface area contributed by atoms with E-state index in [4.69, 9.17) is 0 Å². The Morgan fingerprint density at radius 1 is 1.50 bits per heavy atom. The molecule has 2 heterocycles. The number of carbonyl (C=O) groups is 1. The van der Waals surface area contributed by atoms with E-state index in [1.54, 1.807) is 6.92 Å². The summed E-state index contributed by atoms with van der Waals surface area (Å²) in [6, 6.07) is 1.39. The Bertz CT molecular complexity index is 562. The molecule has 1 atom stereocenters. The number of hydrogen-bond acceptors (Lipinski definition) is 4. The van der Waals surface area contributed by atoms with Crippen LogP contribution in [0, 0.1) is 12.8 Å². The number of pyridine rings is 1. The smallest absolute Gasteiger partial charge is 0.253 e. The van der Waals surface area contributed by atoms with E-state index >= 15 is 0 Å². The minimum absolute atomic E-state index is 0.212. The number of aliphatic hydroxyl groups excluding tert-OH is 1. The monoisotopic (exact) mass is 307 g/mol. The van der Waals surface area contributed by atoms with Crippen LogP contribution in [0.15, 0.2) is 17.1 Å². The molecule has 1 saturated heterocycles. The molecule has 1 amide bonds. The van der Waals surface area contributed by atoms with Gasteiger partial charge in [-0.05, 0) is 44.3 Å². The van der Waals surface area contributed by atoms with Crippen LogP contribution in [0.5, 0.6) is 0 Å². The number of nitrogens with one attached hydrogen (secondary N) is 2. The van der Waals surface area contributed by atoms with Crippen molar-refractivity contribution < 1.29 is 9.90 Å². The molecular formula is C16H25N3O3. The number of nitrogens with zero attached hydrogens (tertiary/aromatic N) is 1. The lowest BCUT2D eigenvalue weighted by molar-refractivity contribution is 0.0795. The van der Waals surface area contributed by atoms with Gasteiger partial charge < -0.3 is 20.3 Å². The van der Waals surface area contributed by atoms with Crippen LogP contribution < -0.4 is 10.9 Å². The number of aromatic nitrogens is 1. The molecule has 1 fully saturated rings. The van der Waals surface area contributed by atoms with Crippen LogP contribution in [0.4, 0.5) is 0 Å². The number of amides is 1. The number of aromatic amines is 1. The molecule has 6 nitrogen and oxygen atoms in total. The van der Waals surface area contributed by atoms with Gasteiger partial charge in [0.05, 0.1) is 11.7 Å². The number of H-pyrrole nitrogens is 1. The van der Waals surface area contributed by atoms with Crippen LogP contribution in [0.2, 0.25) is 0 Å². The Kier molecular flexibility index (Phi) is 5.74. The SMILES string of the molecule is Cc1cc(=O)[nH]cc1C(=O)NCC(O)CN1CCC(C)CC1. The standard InChI is InChI=1S/C16H25N3O3/c1-11-3-5-19(6-4-11)10-13(20)8-18-16(22)14-9-17-15(21)7-12(14)2/h7,9,11,13,20H,3-6,8,10H2,1-2H3,(H,17,21)(H,18,22). The minimum atomic E-state index is -0.583. The molecule has 1 aliphatic heterocycles. The van der Waals surface area contributed by atoms with Crippen LogP contribution in [0.25, 0.3) is 0 Å². The molecule has 0 bridgehead atoms. The third-order valence-corrected chi connectivity index (χ3v) is 4.22. The zero-order valence-corrected chi connectivity index (χ0v) is 13.3. The van der Waals surface area contributed by atoms with Crippen molar-refractivity contribution in [3.8, 4) is 0 Å². The first-order valence-electron chi connectivity index (χ1n) is 7.83. The van der Waals surface area contributed by atoms with Crippen molar-refractivity contribution in [1.29, 1.82) is 0 Å². The minimum Gasteiger partial charge on any atom is -0.390 e. The second-order valence-corrected chi connectivity index (χ2v) is 6.24. The molecule has 1 aromatic heterocycles. The lowest BCUT2D eigenvalue weighted by Gasteiger charge is -2.31. The van der Waals surface area contributed by atoms with Gasteiger partial charge in [-0.3, -0.25) is 9.59 Å². The highest BCUT2D eigenvalue weighted by molar-refractivity contribution is 5.95. The zero-order chi connectivity index (χ0) is 16.1. The molecule has 0 saturated carbocycles. The van der Waals surface area contributed by atoms with E-state index in [0.29, 0.717) is 17.7 Å². The van der Waals surface area contributed by atoms with Crippen molar-refractivity contribution in [3.63, 3.8) is 0 Å². The van der Waals surface area contributed by atoms with Gasteiger partial charge in [-0.25, -0.2) is 0 Å². The first-order valence-corrected chi connectivity index (χ1v) is 7.83. The maximum atomic E-state index is 12.1. The number of aliphatic hydroxyl groups is 1. The molecule has 0 aromatic carbocycles. The van der Waals surface area contributed by atoms with Crippen molar-refractivity contribution in [2.75, 3.05) is 26.2 Å². The number of aryl methyl sites for hydroxylation is 1. The van der Waals surface area contributed by atoms with Gasteiger partial charge in [0, 0.05) is 25.4 Å². The number of carbonyl (C=O) groups excluding carboxylic acids is 1. The maximum Gasteiger partial charge on any atom is 0.253 e. The summed E-state index contributed by atoms with van der Waals surface area (Å²) in [5.74, 6) is 0.483. The third-order valence-electron chi connectivity index (χ3n) is 4.22. The average molecular weight is 307 g/mol. The van der Waals surface area contributed by atoms with Gasteiger partial charge in [0.1, 0.15) is 0 Å². The van der Waals surface area contributed by atoms with Crippen LogP contribution in [-0.4, -0.2) is 53.2 Å². The second kappa shape index (κ2) is 7.56. The molecule has 0 radical (unpaired) electrons. The van der Waals surface area contributed by atoms with Crippen molar-refractivity contribution >= 4 is 5.91 Å². The molecule has 1 aliphatic rings. The first kappa shape index (κ1) is 16.7. The summed E-state index contributed by atoms with van der Waals surface area (Å²) in [4.78, 5) is 27.9. The third kappa shape index (κ3) is 4.68. The molecule has 0 spiro atoms. The van der Waals surface area contributed by atoms with E-state index in [0.717, 1.165) is 31.8 Å². The largest absolute Gasteiger partial charge is 0.390 e. The number of piperidine rings is 1. The Hall–Kier alpha value is -1.66. The summed E-state index contributed by atoms with van der Waals surface area (Å²) >= 11 is 0. The molecule has 22 heavy (non-hydrogen) atoms. The predicted molar refractivity (Wildman–Crippen MR) is 85.0 cm³/mol. The normalized spacial score (nSPS) is 18.1. The maximum absolute atomic E-state index is 12.1. The van der Waals surface area contributed by atoms with Gasteiger partial charge >= 0.3 is 0 Å². The van der Waals surface area contributed by atoms with Crippen LogP contribution >= 0.6 is 0 Å². The van der Waals surface area contributed by atoms with Crippen LogP contribution in [-0.2, 0) is 0 Å². The van der Waals surface area contributed by atoms with Crippen molar-refractivity contribution in [2.24, 2.45) is 5.92 Å². The number of rotatable bonds is 5. The highest BCUT2D eigenvalue weighted by Crippen LogP contribution is 2.15. The lowest BCUT2D eigenvalue weighted by atomic mass is 9.99. The van der Waals surface area contributed by atoms with Gasteiger partial charge in [0.2, 0.25) is 5.56 Å². The van der Waals surface area contributed by atoms with Crippen LogP contribution in [0.3, 0.4) is 0 Å². The van der Waals surface area contributed by atoms with E-state index < -0.39 is 6.10 Å². The van der Waals surface area contributed by atoms with E-state index in [2.05, 4.69) is 22.1 Å². The lowest BCUT2D eigenvalue weighted by Crippen LogP contribution is -2.43. The van der Waals surface area contributed by atoms with E-state index in [1.165, 1.54) is 12.3 Å². The molecular weight excluding hydrogens is 282 g/mol. The summed E-state index contributed by atoms with van der Waals surface area (Å²) in [5.41, 5.74) is 0.827. The van der Waals surface area contributed by atoms with Gasteiger partial charge in [-0.1, -0.05) is 6.92 Å². The van der Waals surface area contributed by atoms with Crippen molar-refractivity contribution in [2.45, 2.75) is 32.8 Å². The highest BCUT2D eigenvalue weighted by atomic mass is 16.3. The number of β-amino-alcohol motifs (C(OH)–C–C–N with tert-alkyl or cyclic N) is 1. The van der Waals surface area contributed by atoms with Gasteiger partial charge in [0.15, 0.2) is 0 Å². The molecule has 122 valence electrons. The Morgan fingerprint density at radius 3 is 2.82 bits per heavy atom. The fourth-order valence-corrected chi connectivity index (χ4v) is 2.73. The van der Waals surface area contributed by atoms with E-state index in [9.17, 15) is 14.7 Å². The van der Waals surface area contributed by atoms with E-state index in [-0.39, 0.29) is 18.0 Å². The summed E-state index contributed by atoms with van der Waals surface area (Å²) in [5, 5.41) is 12.8. The summed E-state index contributed by atoms with van der Waals surface area (Å²) in [6.45, 7) is 6.77. The van der Waals surface area contributed by atoms with Crippen LogP contribution in [0.1, 0.15) is 35.7 Å². The molecule has 6 heteroatoms. The molecule has 1 aromatic rings. The quantitative estimate of drug-likeness (QED) is 0.740. The van der Waals surface area contributed by atoms with E-state index in [1.807, 2.05) is 0 Å². The number of hydrogen-bond donors (Lipinski definition) is 3. The topological polar surface area (TPSA) is 85.4 Å². The Balaban J connectivity index is 1.79. The summed E-state index contributed by atoms with van der Waals surface area (Å²) in [6.07, 6.45) is 3.15. The zero-order valence-electron chi connectivity index (χ0n) is 13.3. The molecule has 0 aliphatic carbocycles. The van der Waals surface area contributed by atoms with Gasteiger partial charge in [0.25, 0.3) is 5.91 Å². The fraction of sp³-hybridized carbons (Fsp3) is 0.625. The van der Waals surface area contributed by atoms with Crippen molar-refractivity contribution in [3.05, 3.63) is 33.7 Å². The number of likely N-dealkylation sites (tertiary alicyclic amines) is 1. The van der Waals surface area contributed by atoms with Crippen molar-refractivity contribution in [1.82, 2.24) is 15.2 Å². The molecule has 3 N–H and O–H groups in total.